The maximum atomic E-state index is 12.7. The minimum atomic E-state index is -1.17. The lowest BCUT2D eigenvalue weighted by molar-refractivity contribution is -0.138. The van der Waals surface area contributed by atoms with Crippen LogP contribution in [0, 0.1) is 0 Å². The Hall–Kier alpha value is -3.48. The Labute approximate surface area is 149 Å². The molecule has 132 valence electrons. The summed E-state index contributed by atoms with van der Waals surface area (Å²) in [6.07, 6.45) is 0. The van der Waals surface area contributed by atoms with Crippen LogP contribution in [0.25, 0.3) is 11.1 Å². The van der Waals surface area contributed by atoms with Gasteiger partial charge in [-0.3, -0.25) is 19.2 Å². The molecule has 1 atom stereocenters. The van der Waals surface area contributed by atoms with E-state index < -0.39 is 30.4 Å². The van der Waals surface area contributed by atoms with Crippen LogP contribution in [0.2, 0.25) is 0 Å². The average Bonchev–Trinajstić information content (AvgIpc) is 2.92. The van der Waals surface area contributed by atoms with Crippen molar-refractivity contribution in [3.05, 3.63) is 59.2 Å². The van der Waals surface area contributed by atoms with E-state index in [1.54, 1.807) is 42.5 Å². The number of ketones is 1. The van der Waals surface area contributed by atoms with E-state index in [1.807, 2.05) is 0 Å². The molecule has 0 unspecified atom stereocenters. The molecule has 1 aliphatic rings. The lowest BCUT2D eigenvalue weighted by Gasteiger charge is -2.15. The summed E-state index contributed by atoms with van der Waals surface area (Å²) in [5.74, 6) is -2.43. The number of amides is 2. The lowest BCUT2D eigenvalue weighted by Crippen LogP contribution is -2.46. The standard InChI is InChI=1S/C19H16N2O5/c1-10(18(25)20-9-15(22)23)21-19(26)14-8-4-7-13-16(14)11-5-2-3-6-12(11)17(13)24/h2-8,10H,9H2,1H3,(H,20,25)(H,21,26)(H,22,23)/t10-/m0/s1. The van der Waals surface area contributed by atoms with Gasteiger partial charge in [-0.25, -0.2) is 0 Å². The van der Waals surface area contributed by atoms with Gasteiger partial charge in [-0.1, -0.05) is 36.4 Å². The van der Waals surface area contributed by atoms with E-state index in [2.05, 4.69) is 10.6 Å². The number of aliphatic carboxylic acids is 1. The Morgan fingerprint density at radius 1 is 1.00 bits per heavy atom. The number of rotatable bonds is 5. The minimum absolute atomic E-state index is 0.141. The number of carbonyl (C=O) groups excluding carboxylic acids is 3. The first-order valence-electron chi connectivity index (χ1n) is 7.97. The van der Waals surface area contributed by atoms with Crippen LogP contribution in [0.5, 0.6) is 0 Å². The monoisotopic (exact) mass is 352 g/mol. The predicted molar refractivity (Wildman–Crippen MR) is 92.9 cm³/mol. The van der Waals surface area contributed by atoms with Crippen molar-refractivity contribution in [2.24, 2.45) is 0 Å². The highest BCUT2D eigenvalue weighted by molar-refractivity contribution is 6.24. The van der Waals surface area contributed by atoms with Crippen LogP contribution in [0.15, 0.2) is 42.5 Å². The molecule has 7 nitrogen and oxygen atoms in total. The first-order chi connectivity index (χ1) is 12.4. The van der Waals surface area contributed by atoms with Crippen LogP contribution in [0.3, 0.4) is 0 Å². The van der Waals surface area contributed by atoms with Crippen molar-refractivity contribution in [2.45, 2.75) is 13.0 Å². The second kappa shape index (κ2) is 6.79. The maximum absolute atomic E-state index is 12.7. The zero-order chi connectivity index (χ0) is 18.8. The molecule has 0 fully saturated rings. The third-order valence-electron chi connectivity index (χ3n) is 4.15. The Morgan fingerprint density at radius 2 is 1.65 bits per heavy atom. The summed E-state index contributed by atoms with van der Waals surface area (Å²) in [4.78, 5) is 47.5. The first kappa shape index (κ1) is 17.3. The van der Waals surface area contributed by atoms with Crippen LogP contribution in [-0.4, -0.2) is 41.3 Å². The van der Waals surface area contributed by atoms with Gasteiger partial charge in [0.25, 0.3) is 5.91 Å². The highest BCUT2D eigenvalue weighted by Crippen LogP contribution is 2.38. The van der Waals surface area contributed by atoms with E-state index >= 15 is 0 Å². The summed E-state index contributed by atoms with van der Waals surface area (Å²) < 4.78 is 0. The number of carbonyl (C=O) groups is 4. The summed E-state index contributed by atoms with van der Waals surface area (Å²) >= 11 is 0. The van der Waals surface area contributed by atoms with E-state index in [0.29, 0.717) is 27.8 Å². The molecule has 0 saturated carbocycles. The largest absolute Gasteiger partial charge is 0.480 e. The van der Waals surface area contributed by atoms with E-state index in [0.717, 1.165) is 0 Å². The van der Waals surface area contributed by atoms with E-state index in [1.165, 1.54) is 6.92 Å². The summed E-state index contributed by atoms with van der Waals surface area (Å²) in [7, 11) is 0. The lowest BCUT2D eigenvalue weighted by atomic mass is 9.98. The van der Waals surface area contributed by atoms with Crippen molar-refractivity contribution in [2.75, 3.05) is 6.54 Å². The Bertz CT molecular complexity index is 935. The molecule has 0 saturated heterocycles. The molecule has 3 N–H and O–H groups in total. The van der Waals surface area contributed by atoms with Gasteiger partial charge in [-0.2, -0.15) is 0 Å². The van der Waals surface area contributed by atoms with E-state index in [-0.39, 0.29) is 5.78 Å². The van der Waals surface area contributed by atoms with Crippen molar-refractivity contribution < 1.29 is 24.3 Å². The van der Waals surface area contributed by atoms with Gasteiger partial charge < -0.3 is 15.7 Å². The molecule has 0 radical (unpaired) electrons. The Balaban J connectivity index is 1.86. The van der Waals surface area contributed by atoms with Gasteiger partial charge in [0.05, 0.1) is 0 Å². The van der Waals surface area contributed by atoms with Gasteiger partial charge in [0.1, 0.15) is 12.6 Å². The van der Waals surface area contributed by atoms with Crippen molar-refractivity contribution in [1.29, 1.82) is 0 Å². The van der Waals surface area contributed by atoms with Crippen molar-refractivity contribution >= 4 is 23.6 Å². The normalized spacial score (nSPS) is 12.7. The molecule has 0 aromatic heterocycles. The smallest absolute Gasteiger partial charge is 0.322 e. The number of fused-ring (bicyclic) bond motifs is 3. The zero-order valence-electron chi connectivity index (χ0n) is 13.9. The SMILES string of the molecule is C[C@H](NC(=O)c1cccc2c1-c1ccccc1C2=O)C(=O)NCC(=O)O. The third-order valence-corrected chi connectivity index (χ3v) is 4.15. The molecule has 7 heteroatoms. The molecule has 26 heavy (non-hydrogen) atoms. The summed E-state index contributed by atoms with van der Waals surface area (Å²) in [6.45, 7) is 0.930. The molecule has 2 aromatic carbocycles. The number of carboxylic acid groups (broad SMARTS) is 1. The van der Waals surface area contributed by atoms with Crippen LogP contribution < -0.4 is 10.6 Å². The quantitative estimate of drug-likeness (QED) is 0.639. The molecule has 2 amide bonds. The second-order valence-electron chi connectivity index (χ2n) is 5.91. The summed E-state index contributed by atoms with van der Waals surface area (Å²) in [5, 5.41) is 13.3. The molecule has 1 aliphatic carbocycles. The predicted octanol–water partition coefficient (Wildman–Crippen LogP) is 1.22. The second-order valence-corrected chi connectivity index (χ2v) is 5.91. The van der Waals surface area contributed by atoms with Gasteiger partial charge in [0, 0.05) is 22.3 Å². The number of nitrogens with one attached hydrogen (secondary N) is 2. The molecule has 0 bridgehead atoms. The number of hydrogen-bond acceptors (Lipinski definition) is 4. The van der Waals surface area contributed by atoms with E-state index in [9.17, 15) is 19.2 Å². The third kappa shape index (κ3) is 3.06. The number of benzene rings is 2. The van der Waals surface area contributed by atoms with Gasteiger partial charge in [0.2, 0.25) is 5.91 Å². The van der Waals surface area contributed by atoms with E-state index in [4.69, 9.17) is 5.11 Å². The van der Waals surface area contributed by atoms with Gasteiger partial charge >= 0.3 is 5.97 Å². The minimum Gasteiger partial charge on any atom is -0.480 e. The van der Waals surface area contributed by atoms with Gasteiger partial charge in [-0.15, -0.1) is 0 Å². The highest BCUT2D eigenvalue weighted by Gasteiger charge is 2.30. The van der Waals surface area contributed by atoms with Crippen LogP contribution >= 0.6 is 0 Å². The Morgan fingerprint density at radius 3 is 2.35 bits per heavy atom. The topological polar surface area (TPSA) is 113 Å². The molecule has 2 aromatic rings. The van der Waals surface area contributed by atoms with Crippen LogP contribution in [0.1, 0.15) is 33.2 Å². The summed E-state index contributed by atoms with van der Waals surface area (Å²) in [5.41, 5.74) is 2.50. The van der Waals surface area contributed by atoms with Crippen LogP contribution in [0.4, 0.5) is 0 Å². The highest BCUT2D eigenvalue weighted by atomic mass is 16.4. The fourth-order valence-corrected chi connectivity index (χ4v) is 2.92. The fourth-order valence-electron chi connectivity index (χ4n) is 2.92. The summed E-state index contributed by atoms with van der Waals surface area (Å²) in [6, 6.07) is 11.0. The number of hydrogen-bond donors (Lipinski definition) is 3. The molecule has 3 rings (SSSR count). The maximum Gasteiger partial charge on any atom is 0.322 e. The first-order valence-corrected chi connectivity index (χ1v) is 7.97. The van der Waals surface area contributed by atoms with Gasteiger partial charge in [0.15, 0.2) is 5.78 Å². The average molecular weight is 352 g/mol. The zero-order valence-corrected chi connectivity index (χ0v) is 13.9. The van der Waals surface area contributed by atoms with Crippen molar-refractivity contribution in [3.63, 3.8) is 0 Å². The molecular formula is C19H16N2O5. The molecular weight excluding hydrogens is 336 g/mol. The fraction of sp³-hybridized carbons (Fsp3) is 0.158. The van der Waals surface area contributed by atoms with Crippen molar-refractivity contribution in [3.8, 4) is 11.1 Å². The molecule has 0 heterocycles. The molecule has 0 aliphatic heterocycles. The Kier molecular flexibility index (Phi) is 4.53. The van der Waals surface area contributed by atoms with Crippen LogP contribution in [-0.2, 0) is 9.59 Å². The number of carboxylic acids is 1. The van der Waals surface area contributed by atoms with Gasteiger partial charge in [-0.05, 0) is 18.6 Å². The van der Waals surface area contributed by atoms with Crippen molar-refractivity contribution in [1.82, 2.24) is 10.6 Å². The molecule has 0 spiro atoms.